The minimum absolute atomic E-state index is 0.0267. The van der Waals surface area contributed by atoms with Crippen LogP contribution in [0.5, 0.6) is 5.75 Å². The van der Waals surface area contributed by atoms with E-state index in [9.17, 15) is 10.1 Å². The van der Waals surface area contributed by atoms with Crippen molar-refractivity contribution in [1.82, 2.24) is 5.32 Å². The highest BCUT2D eigenvalue weighted by Gasteiger charge is 2.43. The molecule has 0 spiro atoms. The lowest BCUT2D eigenvalue weighted by atomic mass is 9.85. The number of rotatable bonds is 7. The van der Waals surface area contributed by atoms with E-state index in [2.05, 4.69) is 5.32 Å². The van der Waals surface area contributed by atoms with Crippen LogP contribution in [0.15, 0.2) is 18.2 Å². The van der Waals surface area contributed by atoms with E-state index in [-0.39, 0.29) is 29.0 Å². The van der Waals surface area contributed by atoms with Crippen LogP contribution in [0.2, 0.25) is 5.02 Å². The molecule has 3 atom stereocenters. The molecule has 1 fully saturated rings. The third kappa shape index (κ3) is 3.64. The zero-order valence-corrected chi connectivity index (χ0v) is 12.8. The number of benzene rings is 1. The van der Waals surface area contributed by atoms with E-state index in [1.807, 2.05) is 13.8 Å². The molecular weight excluding hydrogens is 296 g/mol. The van der Waals surface area contributed by atoms with Gasteiger partial charge in [-0.15, -0.1) is 0 Å². The Labute approximate surface area is 128 Å². The van der Waals surface area contributed by atoms with Gasteiger partial charge in [0.05, 0.1) is 9.95 Å². The molecule has 0 aromatic heterocycles. The number of ether oxygens (including phenoxy) is 2. The maximum atomic E-state index is 10.7. The van der Waals surface area contributed by atoms with Crippen LogP contribution < -0.4 is 10.1 Å². The number of nitro benzene ring substituents is 1. The van der Waals surface area contributed by atoms with Gasteiger partial charge in [0.1, 0.15) is 18.0 Å². The van der Waals surface area contributed by atoms with Crippen LogP contribution in [-0.2, 0) is 4.74 Å². The average Bonchev–Trinajstić information content (AvgIpc) is 2.45. The van der Waals surface area contributed by atoms with Crippen molar-refractivity contribution in [2.24, 2.45) is 0 Å². The molecule has 0 bridgehead atoms. The van der Waals surface area contributed by atoms with E-state index in [0.717, 1.165) is 13.0 Å². The number of hydrogen-bond acceptors (Lipinski definition) is 5. The van der Waals surface area contributed by atoms with Gasteiger partial charge in [0.15, 0.2) is 0 Å². The van der Waals surface area contributed by atoms with Gasteiger partial charge in [-0.05, 0) is 19.5 Å². The highest BCUT2D eigenvalue weighted by atomic mass is 35.5. The predicted octanol–water partition coefficient (Wildman–Crippen LogP) is 2.78. The number of nitrogens with one attached hydrogen (secondary N) is 1. The number of hydrogen-bond donors (Lipinski definition) is 1. The number of nitrogens with zero attached hydrogens (tertiary/aromatic N) is 1. The summed E-state index contributed by atoms with van der Waals surface area (Å²) in [6.07, 6.45) is 0.709. The average molecular weight is 315 g/mol. The third-order valence-corrected chi connectivity index (χ3v) is 3.77. The number of halogens is 1. The van der Waals surface area contributed by atoms with Crippen molar-refractivity contribution in [2.75, 3.05) is 13.2 Å². The molecule has 21 heavy (non-hydrogen) atoms. The van der Waals surface area contributed by atoms with Gasteiger partial charge in [0.2, 0.25) is 0 Å². The van der Waals surface area contributed by atoms with Crippen LogP contribution in [0, 0.1) is 10.1 Å². The highest BCUT2D eigenvalue weighted by Crippen LogP contribution is 2.34. The molecule has 1 saturated carbocycles. The Hall–Kier alpha value is -1.37. The summed E-state index contributed by atoms with van der Waals surface area (Å²) >= 11 is 6.04. The van der Waals surface area contributed by atoms with Crippen molar-refractivity contribution in [3.8, 4) is 5.75 Å². The van der Waals surface area contributed by atoms with E-state index >= 15 is 0 Å². The fourth-order valence-electron chi connectivity index (χ4n) is 2.44. The zero-order valence-electron chi connectivity index (χ0n) is 12.0. The van der Waals surface area contributed by atoms with Gasteiger partial charge in [0, 0.05) is 31.2 Å². The van der Waals surface area contributed by atoms with Crippen molar-refractivity contribution in [1.29, 1.82) is 0 Å². The quantitative estimate of drug-likeness (QED) is 0.619. The maximum absolute atomic E-state index is 10.7. The van der Waals surface area contributed by atoms with Gasteiger partial charge in [-0.3, -0.25) is 10.1 Å². The normalized spacial score (nSPS) is 24.4. The first-order valence-corrected chi connectivity index (χ1v) is 7.40. The summed E-state index contributed by atoms with van der Waals surface area (Å²) in [7, 11) is 0. The first kappa shape index (κ1) is 16.0. The summed E-state index contributed by atoms with van der Waals surface area (Å²) in [4.78, 5) is 10.2. The second-order valence-electron chi connectivity index (χ2n) is 4.85. The number of likely N-dealkylation sites (N-methyl/N-ethyl adjacent to an activating group) is 1. The lowest BCUT2D eigenvalue weighted by molar-refractivity contribution is -0.384. The first-order valence-electron chi connectivity index (χ1n) is 7.02. The van der Waals surface area contributed by atoms with Gasteiger partial charge >= 0.3 is 0 Å². The molecule has 2 rings (SSSR count). The SMILES string of the molecule is CCNC1CC(Oc2ccc([N+](=O)[O-])cc2Cl)C1OCC. The van der Waals surface area contributed by atoms with Crippen molar-refractivity contribution >= 4 is 17.3 Å². The molecule has 0 heterocycles. The van der Waals surface area contributed by atoms with Gasteiger partial charge in [-0.1, -0.05) is 18.5 Å². The smallest absolute Gasteiger partial charge is 0.271 e. The van der Waals surface area contributed by atoms with Crippen molar-refractivity contribution < 1.29 is 14.4 Å². The number of nitro groups is 1. The molecule has 7 heteroatoms. The van der Waals surface area contributed by atoms with E-state index in [4.69, 9.17) is 21.1 Å². The molecule has 116 valence electrons. The minimum atomic E-state index is -0.483. The largest absolute Gasteiger partial charge is 0.486 e. The van der Waals surface area contributed by atoms with Crippen molar-refractivity contribution in [3.63, 3.8) is 0 Å². The minimum Gasteiger partial charge on any atom is -0.486 e. The van der Waals surface area contributed by atoms with Gasteiger partial charge in [-0.25, -0.2) is 0 Å². The Morgan fingerprint density at radius 2 is 2.24 bits per heavy atom. The Balaban J connectivity index is 2.03. The molecule has 0 saturated heterocycles. The van der Waals surface area contributed by atoms with Crippen molar-refractivity contribution in [2.45, 2.75) is 38.5 Å². The molecule has 1 aliphatic carbocycles. The molecule has 3 unspecified atom stereocenters. The topological polar surface area (TPSA) is 73.6 Å². The Kier molecular flexibility index (Phi) is 5.39. The molecule has 1 aromatic rings. The Bertz CT molecular complexity index is 512. The maximum Gasteiger partial charge on any atom is 0.271 e. The molecule has 0 aliphatic heterocycles. The summed E-state index contributed by atoms with van der Waals surface area (Å²) in [6.45, 7) is 5.47. The summed E-state index contributed by atoms with van der Waals surface area (Å²) in [5, 5.41) is 14.3. The van der Waals surface area contributed by atoms with Gasteiger partial charge < -0.3 is 14.8 Å². The summed E-state index contributed by atoms with van der Waals surface area (Å²) in [5.41, 5.74) is -0.0483. The summed E-state index contributed by atoms with van der Waals surface area (Å²) < 4.78 is 11.5. The summed E-state index contributed by atoms with van der Waals surface area (Å²) in [6, 6.07) is 4.49. The Morgan fingerprint density at radius 3 is 2.81 bits per heavy atom. The van der Waals surface area contributed by atoms with E-state index < -0.39 is 4.92 Å². The zero-order chi connectivity index (χ0) is 15.4. The summed E-state index contributed by atoms with van der Waals surface area (Å²) in [5.74, 6) is 0.451. The Morgan fingerprint density at radius 1 is 1.48 bits per heavy atom. The first-order chi connectivity index (χ1) is 10.1. The fraction of sp³-hybridized carbons (Fsp3) is 0.571. The monoisotopic (exact) mass is 314 g/mol. The van der Waals surface area contributed by atoms with Crippen LogP contribution in [0.4, 0.5) is 5.69 Å². The standard InChI is InChI=1S/C14H19ClN2O4/c1-3-16-11-8-13(14(11)20-4-2)21-12-6-5-9(17(18)19)7-10(12)15/h5-7,11,13-14,16H,3-4,8H2,1-2H3. The molecular formula is C14H19ClN2O4. The molecule has 1 N–H and O–H groups in total. The van der Waals surface area contributed by atoms with Gasteiger partial charge in [-0.2, -0.15) is 0 Å². The lowest BCUT2D eigenvalue weighted by Gasteiger charge is -2.44. The molecule has 0 amide bonds. The lowest BCUT2D eigenvalue weighted by Crippen LogP contribution is -2.61. The molecule has 1 aromatic carbocycles. The van der Waals surface area contributed by atoms with Crippen LogP contribution in [-0.4, -0.2) is 36.3 Å². The molecule has 1 aliphatic rings. The molecule has 6 nitrogen and oxygen atoms in total. The van der Waals surface area contributed by atoms with Crippen LogP contribution in [0.3, 0.4) is 0 Å². The molecule has 0 radical (unpaired) electrons. The van der Waals surface area contributed by atoms with E-state index in [1.165, 1.54) is 18.2 Å². The predicted molar refractivity (Wildman–Crippen MR) is 80.0 cm³/mol. The van der Waals surface area contributed by atoms with E-state index in [1.54, 1.807) is 0 Å². The second-order valence-corrected chi connectivity index (χ2v) is 5.26. The van der Waals surface area contributed by atoms with Gasteiger partial charge in [0.25, 0.3) is 5.69 Å². The van der Waals surface area contributed by atoms with E-state index in [0.29, 0.717) is 12.4 Å². The van der Waals surface area contributed by atoms with Crippen LogP contribution >= 0.6 is 11.6 Å². The number of non-ortho nitro benzene ring substituents is 1. The van der Waals surface area contributed by atoms with Crippen LogP contribution in [0.25, 0.3) is 0 Å². The highest BCUT2D eigenvalue weighted by molar-refractivity contribution is 6.32. The van der Waals surface area contributed by atoms with Crippen molar-refractivity contribution in [3.05, 3.63) is 33.3 Å². The fourth-order valence-corrected chi connectivity index (χ4v) is 2.66. The second kappa shape index (κ2) is 7.06. The third-order valence-electron chi connectivity index (χ3n) is 3.48. The van der Waals surface area contributed by atoms with Crippen LogP contribution in [0.1, 0.15) is 20.3 Å².